The molecule has 1 aromatic heterocycles. The number of nitrogens with one attached hydrogen (secondary N) is 1. The van der Waals surface area contributed by atoms with Crippen molar-refractivity contribution in [1.29, 1.82) is 0 Å². The number of anilines is 2. The molecule has 1 aliphatic heterocycles. The van der Waals surface area contributed by atoms with Gasteiger partial charge in [-0.3, -0.25) is 4.79 Å². The Kier molecular flexibility index (Phi) is 3.92. The Morgan fingerprint density at radius 3 is 2.62 bits per heavy atom. The summed E-state index contributed by atoms with van der Waals surface area (Å²) in [6, 6.07) is 8.02. The monoisotopic (exact) mass is 301 g/mol. The molecule has 5 heteroatoms. The van der Waals surface area contributed by atoms with E-state index >= 15 is 0 Å². The quantitative estimate of drug-likeness (QED) is 0.942. The lowest BCUT2D eigenvalue weighted by atomic mass is 10.2. The van der Waals surface area contributed by atoms with E-state index in [1.807, 2.05) is 32.0 Å². The molecule has 1 saturated heterocycles. The molecule has 2 aromatic rings. The topological polar surface area (TPSA) is 45.2 Å². The first-order valence-electron chi connectivity index (χ1n) is 7.24. The number of thiazole rings is 1. The second-order valence-electron chi connectivity index (χ2n) is 5.31. The Labute approximate surface area is 128 Å². The number of aromatic nitrogens is 1. The molecule has 0 unspecified atom stereocenters. The Morgan fingerprint density at radius 1 is 1.24 bits per heavy atom. The maximum Gasteiger partial charge on any atom is 0.267 e. The highest BCUT2D eigenvalue weighted by molar-refractivity contribution is 7.13. The second kappa shape index (κ2) is 5.85. The summed E-state index contributed by atoms with van der Waals surface area (Å²) in [5.41, 5.74) is 2.80. The average molecular weight is 301 g/mol. The van der Waals surface area contributed by atoms with Crippen LogP contribution in [-0.4, -0.2) is 24.0 Å². The number of amides is 1. The van der Waals surface area contributed by atoms with E-state index in [1.165, 1.54) is 24.2 Å². The van der Waals surface area contributed by atoms with Crippen molar-refractivity contribution in [2.75, 3.05) is 23.3 Å². The summed E-state index contributed by atoms with van der Waals surface area (Å²) in [6.45, 7) is 5.93. The maximum atomic E-state index is 12.5. The van der Waals surface area contributed by atoms with Gasteiger partial charge in [0.2, 0.25) is 0 Å². The van der Waals surface area contributed by atoms with Gasteiger partial charge in [0.1, 0.15) is 4.88 Å². The van der Waals surface area contributed by atoms with E-state index in [4.69, 9.17) is 0 Å². The number of benzene rings is 1. The predicted octanol–water partition coefficient (Wildman–Crippen LogP) is 3.61. The van der Waals surface area contributed by atoms with Crippen molar-refractivity contribution in [3.63, 3.8) is 0 Å². The summed E-state index contributed by atoms with van der Waals surface area (Å²) in [5.74, 6) is -0.0650. The molecule has 4 nitrogen and oxygen atoms in total. The van der Waals surface area contributed by atoms with Gasteiger partial charge in [-0.05, 0) is 38.8 Å². The summed E-state index contributed by atoms with van der Waals surface area (Å²) in [6.07, 6.45) is 2.44. The van der Waals surface area contributed by atoms with Crippen LogP contribution in [0.1, 0.15) is 33.2 Å². The Hall–Kier alpha value is -1.88. The smallest absolute Gasteiger partial charge is 0.267 e. The third-order valence-corrected chi connectivity index (χ3v) is 4.78. The molecule has 0 bridgehead atoms. The summed E-state index contributed by atoms with van der Waals surface area (Å²) in [7, 11) is 0. The van der Waals surface area contributed by atoms with Crippen LogP contribution < -0.4 is 10.2 Å². The highest BCUT2D eigenvalue weighted by atomic mass is 32.1. The van der Waals surface area contributed by atoms with Gasteiger partial charge in [-0.15, -0.1) is 11.3 Å². The van der Waals surface area contributed by atoms with Crippen LogP contribution in [0.25, 0.3) is 0 Å². The Morgan fingerprint density at radius 2 is 1.95 bits per heavy atom. The zero-order valence-corrected chi connectivity index (χ0v) is 13.2. The predicted molar refractivity (Wildman–Crippen MR) is 87.4 cm³/mol. The van der Waals surface area contributed by atoms with E-state index in [0.29, 0.717) is 4.88 Å². The maximum absolute atomic E-state index is 12.5. The zero-order chi connectivity index (χ0) is 14.8. The minimum Gasteiger partial charge on any atom is -0.370 e. The number of hydrogen-bond acceptors (Lipinski definition) is 4. The van der Waals surface area contributed by atoms with Crippen LogP contribution in [0.4, 0.5) is 11.4 Å². The number of para-hydroxylation sites is 2. The Balaban J connectivity index is 1.84. The van der Waals surface area contributed by atoms with E-state index in [-0.39, 0.29) is 5.91 Å². The average Bonchev–Trinajstić information content (AvgIpc) is 3.09. The van der Waals surface area contributed by atoms with Crippen LogP contribution in [-0.2, 0) is 0 Å². The van der Waals surface area contributed by atoms with Crippen LogP contribution in [0.5, 0.6) is 0 Å². The number of rotatable bonds is 3. The van der Waals surface area contributed by atoms with Crippen LogP contribution in [0.15, 0.2) is 24.3 Å². The first-order valence-corrected chi connectivity index (χ1v) is 8.06. The van der Waals surface area contributed by atoms with Crippen molar-refractivity contribution in [3.05, 3.63) is 39.8 Å². The zero-order valence-electron chi connectivity index (χ0n) is 12.3. The third kappa shape index (κ3) is 2.93. The van der Waals surface area contributed by atoms with Gasteiger partial charge in [-0.1, -0.05) is 12.1 Å². The molecule has 1 aromatic carbocycles. The lowest BCUT2D eigenvalue weighted by molar-refractivity contribution is 0.103. The molecule has 3 rings (SSSR count). The lowest BCUT2D eigenvalue weighted by Crippen LogP contribution is -2.21. The first-order chi connectivity index (χ1) is 10.1. The van der Waals surface area contributed by atoms with Gasteiger partial charge >= 0.3 is 0 Å². The van der Waals surface area contributed by atoms with Gasteiger partial charge < -0.3 is 10.2 Å². The van der Waals surface area contributed by atoms with Gasteiger partial charge in [-0.2, -0.15) is 0 Å². The molecule has 0 saturated carbocycles. The number of carbonyl (C=O) groups is 1. The highest BCUT2D eigenvalue weighted by Crippen LogP contribution is 2.29. The van der Waals surface area contributed by atoms with Gasteiger partial charge in [0.15, 0.2) is 0 Å². The van der Waals surface area contributed by atoms with Crippen molar-refractivity contribution in [3.8, 4) is 0 Å². The molecule has 110 valence electrons. The van der Waals surface area contributed by atoms with E-state index in [9.17, 15) is 4.79 Å². The Bertz CT molecular complexity index is 659. The van der Waals surface area contributed by atoms with Crippen molar-refractivity contribution >= 4 is 28.6 Å². The largest absolute Gasteiger partial charge is 0.370 e. The highest BCUT2D eigenvalue weighted by Gasteiger charge is 2.19. The molecule has 1 aliphatic rings. The first kappa shape index (κ1) is 14.1. The molecular formula is C16H19N3OS. The van der Waals surface area contributed by atoms with Crippen LogP contribution >= 0.6 is 11.3 Å². The molecule has 1 fully saturated rings. The molecule has 0 spiro atoms. The molecule has 2 heterocycles. The summed E-state index contributed by atoms with van der Waals surface area (Å²) < 4.78 is 0. The minimum absolute atomic E-state index is 0.0650. The van der Waals surface area contributed by atoms with E-state index in [1.54, 1.807) is 0 Å². The number of aryl methyl sites for hydroxylation is 2. The third-order valence-electron chi connectivity index (χ3n) is 3.71. The van der Waals surface area contributed by atoms with Crippen molar-refractivity contribution in [2.24, 2.45) is 0 Å². The van der Waals surface area contributed by atoms with Gasteiger partial charge in [0.05, 0.1) is 22.1 Å². The molecule has 0 radical (unpaired) electrons. The summed E-state index contributed by atoms with van der Waals surface area (Å²) in [4.78, 5) is 19.8. The second-order valence-corrected chi connectivity index (χ2v) is 6.52. The van der Waals surface area contributed by atoms with Crippen molar-refractivity contribution in [2.45, 2.75) is 26.7 Å². The molecule has 0 aliphatic carbocycles. The summed E-state index contributed by atoms with van der Waals surface area (Å²) in [5, 5.41) is 3.97. The van der Waals surface area contributed by atoms with Crippen molar-refractivity contribution < 1.29 is 4.79 Å². The van der Waals surface area contributed by atoms with Crippen LogP contribution in [0.3, 0.4) is 0 Å². The standard InChI is InChI=1S/C16H19N3OS/c1-11-15(21-12(2)17-11)16(20)18-13-7-3-4-8-14(13)19-9-5-6-10-19/h3-4,7-8H,5-6,9-10H2,1-2H3,(H,18,20). The van der Waals surface area contributed by atoms with Gasteiger partial charge in [0, 0.05) is 13.1 Å². The fourth-order valence-corrected chi connectivity index (χ4v) is 3.55. The summed E-state index contributed by atoms with van der Waals surface area (Å²) >= 11 is 1.44. The number of nitrogens with zero attached hydrogens (tertiary/aromatic N) is 2. The molecule has 1 amide bonds. The van der Waals surface area contributed by atoms with Gasteiger partial charge in [-0.25, -0.2) is 4.98 Å². The molecule has 0 atom stereocenters. The van der Waals surface area contributed by atoms with E-state index in [2.05, 4.69) is 21.3 Å². The minimum atomic E-state index is -0.0650. The molecule has 1 N–H and O–H groups in total. The molecular weight excluding hydrogens is 282 g/mol. The SMILES string of the molecule is Cc1nc(C)c(C(=O)Nc2ccccc2N2CCCC2)s1. The van der Waals surface area contributed by atoms with Crippen LogP contribution in [0, 0.1) is 13.8 Å². The lowest BCUT2D eigenvalue weighted by Gasteiger charge is -2.21. The molecule has 21 heavy (non-hydrogen) atoms. The van der Waals surface area contributed by atoms with Crippen molar-refractivity contribution in [1.82, 2.24) is 4.98 Å². The van der Waals surface area contributed by atoms with E-state index in [0.717, 1.165) is 35.2 Å². The van der Waals surface area contributed by atoms with E-state index < -0.39 is 0 Å². The normalized spacial score (nSPS) is 14.5. The fourth-order valence-electron chi connectivity index (χ4n) is 2.73. The fraction of sp³-hybridized carbons (Fsp3) is 0.375. The van der Waals surface area contributed by atoms with Crippen LogP contribution in [0.2, 0.25) is 0 Å². The van der Waals surface area contributed by atoms with Gasteiger partial charge in [0.25, 0.3) is 5.91 Å². The number of carbonyl (C=O) groups excluding carboxylic acids is 1. The number of hydrogen-bond donors (Lipinski definition) is 1.